The van der Waals surface area contributed by atoms with Crippen molar-refractivity contribution in [2.45, 2.75) is 11.4 Å². The van der Waals surface area contributed by atoms with Crippen molar-refractivity contribution >= 4 is 27.6 Å². The molecule has 0 unspecified atom stereocenters. The van der Waals surface area contributed by atoms with Crippen LogP contribution >= 0.6 is 0 Å². The molecular weight excluding hydrogens is 432 g/mol. The van der Waals surface area contributed by atoms with Crippen LogP contribution in [0.15, 0.2) is 77.7 Å². The minimum absolute atomic E-state index is 0.0746. The van der Waals surface area contributed by atoms with Crippen LogP contribution in [-0.2, 0) is 21.3 Å². The first-order valence-corrected chi connectivity index (χ1v) is 11.0. The molecule has 0 saturated heterocycles. The third kappa shape index (κ3) is 5.32. The molecule has 3 aromatic carbocycles. The number of anilines is 1. The van der Waals surface area contributed by atoms with Gasteiger partial charge in [-0.25, -0.2) is 17.9 Å². The van der Waals surface area contributed by atoms with E-state index in [-0.39, 0.29) is 34.0 Å². The summed E-state index contributed by atoms with van der Waals surface area (Å²) >= 11 is 0. The molecule has 9 heteroatoms. The smallest absolute Gasteiger partial charge is 0.339 e. The number of carbonyl (C=O) groups is 2. The summed E-state index contributed by atoms with van der Waals surface area (Å²) in [6.07, 6.45) is 0. The Balaban J connectivity index is 1.87. The first-order valence-electron chi connectivity index (χ1n) is 9.56. The highest BCUT2D eigenvalue weighted by molar-refractivity contribution is 7.89. The Morgan fingerprint density at radius 1 is 0.906 bits per heavy atom. The van der Waals surface area contributed by atoms with Crippen LogP contribution in [-0.4, -0.2) is 34.5 Å². The number of para-hydroxylation sites is 1. The molecule has 0 aliphatic carbocycles. The van der Waals surface area contributed by atoms with Crippen molar-refractivity contribution in [3.05, 3.63) is 89.5 Å². The fourth-order valence-electron chi connectivity index (χ4n) is 2.95. The summed E-state index contributed by atoms with van der Waals surface area (Å²) in [6.45, 7) is 0.0786. The molecule has 3 rings (SSSR count). The number of carbonyl (C=O) groups excluding carboxylic acids is 2. The number of ether oxygens (including phenoxy) is 2. The molecule has 0 heterocycles. The number of benzene rings is 3. The van der Waals surface area contributed by atoms with E-state index < -0.39 is 21.9 Å². The number of rotatable bonds is 8. The highest BCUT2D eigenvalue weighted by Crippen LogP contribution is 2.26. The van der Waals surface area contributed by atoms with Gasteiger partial charge in [0, 0.05) is 12.1 Å². The van der Waals surface area contributed by atoms with E-state index in [9.17, 15) is 18.0 Å². The van der Waals surface area contributed by atoms with Gasteiger partial charge in [0.15, 0.2) is 0 Å². The Kier molecular flexibility index (Phi) is 7.24. The largest absolute Gasteiger partial charge is 0.495 e. The minimum atomic E-state index is -3.98. The van der Waals surface area contributed by atoms with Crippen molar-refractivity contribution in [3.63, 3.8) is 0 Å². The van der Waals surface area contributed by atoms with E-state index in [0.717, 1.165) is 5.56 Å². The van der Waals surface area contributed by atoms with Crippen molar-refractivity contribution in [3.8, 4) is 5.75 Å². The molecule has 0 aromatic heterocycles. The van der Waals surface area contributed by atoms with Crippen LogP contribution in [0.1, 0.15) is 26.3 Å². The van der Waals surface area contributed by atoms with Gasteiger partial charge in [-0.1, -0.05) is 42.5 Å². The number of nitrogens with one attached hydrogen (secondary N) is 2. The van der Waals surface area contributed by atoms with E-state index in [1.165, 1.54) is 38.5 Å². The van der Waals surface area contributed by atoms with Crippen LogP contribution in [0.5, 0.6) is 5.75 Å². The maximum absolute atomic E-state index is 12.9. The van der Waals surface area contributed by atoms with Gasteiger partial charge in [0.2, 0.25) is 10.0 Å². The second-order valence-electron chi connectivity index (χ2n) is 6.67. The molecule has 32 heavy (non-hydrogen) atoms. The first-order chi connectivity index (χ1) is 15.4. The van der Waals surface area contributed by atoms with E-state index in [2.05, 4.69) is 10.0 Å². The van der Waals surface area contributed by atoms with Crippen LogP contribution in [0.4, 0.5) is 5.69 Å². The SMILES string of the molecule is COC(=O)c1ccccc1NC(=O)c1ccc(OC)c(S(=O)(=O)NCc2ccccc2)c1. The number of hydrogen-bond donors (Lipinski definition) is 2. The van der Waals surface area contributed by atoms with Gasteiger partial charge < -0.3 is 14.8 Å². The number of methoxy groups -OCH3 is 2. The van der Waals surface area contributed by atoms with Gasteiger partial charge in [-0.2, -0.15) is 0 Å². The Hall–Kier alpha value is -3.69. The lowest BCUT2D eigenvalue weighted by Crippen LogP contribution is -2.24. The summed E-state index contributed by atoms with van der Waals surface area (Å²) in [4.78, 5) is 24.6. The standard InChI is InChI=1S/C23H22N2O6S/c1-30-20-13-12-17(22(26)25-19-11-7-6-10-18(19)23(27)31-2)14-21(20)32(28,29)24-15-16-8-4-3-5-9-16/h3-14,24H,15H2,1-2H3,(H,25,26). The van der Waals surface area contributed by atoms with Crippen LogP contribution < -0.4 is 14.8 Å². The van der Waals surface area contributed by atoms with Crippen molar-refractivity contribution in [2.24, 2.45) is 0 Å². The lowest BCUT2D eigenvalue weighted by Gasteiger charge is -2.13. The lowest BCUT2D eigenvalue weighted by atomic mass is 10.1. The Morgan fingerprint density at radius 2 is 1.59 bits per heavy atom. The molecule has 8 nitrogen and oxygen atoms in total. The highest BCUT2D eigenvalue weighted by atomic mass is 32.2. The molecule has 0 radical (unpaired) electrons. The molecule has 0 atom stereocenters. The number of amides is 1. The van der Waals surface area contributed by atoms with Gasteiger partial charge in [-0.3, -0.25) is 4.79 Å². The van der Waals surface area contributed by atoms with Crippen LogP contribution in [0, 0.1) is 0 Å². The molecule has 1 amide bonds. The maximum Gasteiger partial charge on any atom is 0.339 e. The van der Waals surface area contributed by atoms with E-state index in [1.807, 2.05) is 6.07 Å². The van der Waals surface area contributed by atoms with E-state index >= 15 is 0 Å². The molecule has 0 aliphatic rings. The first kappa shape index (κ1) is 23.0. The molecule has 0 bridgehead atoms. The molecule has 0 saturated carbocycles. The molecule has 2 N–H and O–H groups in total. The van der Waals surface area contributed by atoms with Gasteiger partial charge in [0.1, 0.15) is 10.6 Å². The topological polar surface area (TPSA) is 111 Å². The summed E-state index contributed by atoms with van der Waals surface area (Å²) in [6, 6.07) is 19.4. The Labute approximate surface area is 186 Å². The minimum Gasteiger partial charge on any atom is -0.495 e. The van der Waals surface area contributed by atoms with E-state index in [0.29, 0.717) is 0 Å². The molecule has 3 aromatic rings. The van der Waals surface area contributed by atoms with E-state index in [4.69, 9.17) is 9.47 Å². The normalized spacial score (nSPS) is 10.9. The summed E-state index contributed by atoms with van der Waals surface area (Å²) in [5.74, 6) is -1.11. The summed E-state index contributed by atoms with van der Waals surface area (Å²) in [7, 11) is -1.40. The average Bonchev–Trinajstić information content (AvgIpc) is 2.83. The number of sulfonamides is 1. The maximum atomic E-state index is 12.9. The average molecular weight is 455 g/mol. The zero-order valence-electron chi connectivity index (χ0n) is 17.5. The van der Waals surface area contributed by atoms with Crippen molar-refractivity contribution in [1.82, 2.24) is 4.72 Å². The van der Waals surface area contributed by atoms with Gasteiger partial charge >= 0.3 is 5.97 Å². The van der Waals surface area contributed by atoms with E-state index in [1.54, 1.807) is 42.5 Å². The van der Waals surface area contributed by atoms with Gasteiger partial charge in [-0.05, 0) is 35.9 Å². The Morgan fingerprint density at radius 3 is 2.28 bits per heavy atom. The fourth-order valence-corrected chi connectivity index (χ4v) is 4.17. The van der Waals surface area contributed by atoms with Crippen LogP contribution in [0.25, 0.3) is 0 Å². The molecule has 166 valence electrons. The summed E-state index contributed by atoms with van der Waals surface area (Å²) < 4.78 is 38.3. The second-order valence-corrected chi connectivity index (χ2v) is 8.40. The van der Waals surface area contributed by atoms with Crippen molar-refractivity contribution < 1.29 is 27.5 Å². The summed E-state index contributed by atoms with van der Waals surface area (Å²) in [5, 5.41) is 2.62. The van der Waals surface area contributed by atoms with Gasteiger partial charge in [0.25, 0.3) is 5.91 Å². The predicted molar refractivity (Wildman–Crippen MR) is 119 cm³/mol. The fraction of sp³-hybridized carbons (Fsp3) is 0.130. The van der Waals surface area contributed by atoms with Gasteiger partial charge in [-0.15, -0.1) is 0 Å². The number of hydrogen-bond acceptors (Lipinski definition) is 6. The van der Waals surface area contributed by atoms with Crippen molar-refractivity contribution in [2.75, 3.05) is 19.5 Å². The van der Waals surface area contributed by atoms with Crippen LogP contribution in [0.3, 0.4) is 0 Å². The number of esters is 1. The summed E-state index contributed by atoms with van der Waals surface area (Å²) in [5.41, 5.74) is 1.27. The monoisotopic (exact) mass is 454 g/mol. The zero-order valence-corrected chi connectivity index (χ0v) is 18.3. The predicted octanol–water partition coefficient (Wildman–Crippen LogP) is 3.21. The van der Waals surface area contributed by atoms with Gasteiger partial charge in [0.05, 0.1) is 25.5 Å². The molecular formula is C23H22N2O6S. The second kappa shape index (κ2) is 10.1. The highest BCUT2D eigenvalue weighted by Gasteiger charge is 2.22. The van der Waals surface area contributed by atoms with Crippen LogP contribution in [0.2, 0.25) is 0 Å². The quantitative estimate of drug-likeness (QED) is 0.506. The molecule has 0 spiro atoms. The third-order valence-electron chi connectivity index (χ3n) is 4.61. The molecule has 0 fully saturated rings. The zero-order chi connectivity index (χ0) is 23.1. The molecule has 0 aliphatic heterocycles. The third-order valence-corrected chi connectivity index (χ3v) is 6.03. The Bertz CT molecular complexity index is 1230. The lowest BCUT2D eigenvalue weighted by molar-refractivity contribution is 0.0602. The van der Waals surface area contributed by atoms with Crippen molar-refractivity contribution in [1.29, 1.82) is 0 Å².